The summed E-state index contributed by atoms with van der Waals surface area (Å²) in [6, 6.07) is 12.7. The highest BCUT2D eigenvalue weighted by atomic mass is 16.5. The van der Waals surface area contributed by atoms with E-state index in [4.69, 9.17) is 4.74 Å². The fourth-order valence-electron chi connectivity index (χ4n) is 2.37. The predicted octanol–water partition coefficient (Wildman–Crippen LogP) is 3.72. The van der Waals surface area contributed by atoms with Gasteiger partial charge in [0.2, 0.25) is 5.69 Å². The molecule has 0 amide bonds. The van der Waals surface area contributed by atoms with Crippen LogP contribution in [0.5, 0.6) is 5.75 Å². The number of para-hydroxylation sites is 1. The Morgan fingerprint density at radius 3 is 2.58 bits per heavy atom. The van der Waals surface area contributed by atoms with Crippen LogP contribution in [0, 0.1) is 20.8 Å². The Kier molecular flexibility index (Phi) is 2.86. The molecule has 0 aliphatic carbocycles. The van der Waals surface area contributed by atoms with Gasteiger partial charge in [-0.2, -0.15) is 4.58 Å². The Balaban J connectivity index is 2.05. The molecule has 19 heavy (non-hydrogen) atoms. The third kappa shape index (κ3) is 2.14. The highest BCUT2D eigenvalue weighted by Gasteiger charge is 2.20. The molecule has 0 aromatic heterocycles. The number of benzene rings is 2. The van der Waals surface area contributed by atoms with Crippen molar-refractivity contribution >= 4 is 11.9 Å². The number of fused-ring (bicyclic) bond motifs is 1. The van der Waals surface area contributed by atoms with Crippen LogP contribution in [0.3, 0.4) is 0 Å². The summed E-state index contributed by atoms with van der Waals surface area (Å²) >= 11 is 0. The second-order valence-electron chi connectivity index (χ2n) is 5.13. The van der Waals surface area contributed by atoms with Gasteiger partial charge in [-0.05, 0) is 43.5 Å². The van der Waals surface area contributed by atoms with E-state index in [0.29, 0.717) is 6.73 Å². The summed E-state index contributed by atoms with van der Waals surface area (Å²) in [5.74, 6) is 1.00. The van der Waals surface area contributed by atoms with Gasteiger partial charge in [-0.15, -0.1) is 0 Å². The molecule has 2 aromatic rings. The first-order valence-corrected chi connectivity index (χ1v) is 6.56. The molecule has 0 atom stereocenters. The summed E-state index contributed by atoms with van der Waals surface area (Å²) in [5.41, 5.74) is 6.13. The minimum atomic E-state index is 0.570. The first-order valence-electron chi connectivity index (χ1n) is 6.56. The molecule has 96 valence electrons. The zero-order chi connectivity index (χ0) is 13.4. The van der Waals surface area contributed by atoms with Crippen LogP contribution in [-0.2, 0) is 0 Å². The highest BCUT2D eigenvalue weighted by Crippen LogP contribution is 2.26. The average Bonchev–Trinajstić information content (AvgIpc) is 2.42. The summed E-state index contributed by atoms with van der Waals surface area (Å²) in [6.07, 6.45) is 2.16. The maximum atomic E-state index is 5.89. The van der Waals surface area contributed by atoms with E-state index in [0.717, 1.165) is 11.3 Å². The lowest BCUT2D eigenvalue weighted by molar-refractivity contribution is -0.476. The van der Waals surface area contributed by atoms with Crippen molar-refractivity contribution < 1.29 is 9.31 Å². The standard InChI is InChI=1S/C17H18NO/c1-12-7-8-16(9-14(12)3)18-10-15-6-4-5-13(2)17(15)19-11-18/h4-10H,11H2,1-3H3/q+1. The highest BCUT2D eigenvalue weighted by molar-refractivity contribution is 5.82. The van der Waals surface area contributed by atoms with Gasteiger partial charge in [0.15, 0.2) is 6.21 Å². The molecule has 0 radical (unpaired) electrons. The van der Waals surface area contributed by atoms with Crippen molar-refractivity contribution in [3.63, 3.8) is 0 Å². The van der Waals surface area contributed by atoms with E-state index < -0.39 is 0 Å². The van der Waals surface area contributed by atoms with Crippen LogP contribution in [0.15, 0.2) is 36.4 Å². The van der Waals surface area contributed by atoms with Crippen molar-refractivity contribution in [3.05, 3.63) is 58.7 Å². The number of nitrogens with zero attached hydrogens (tertiary/aromatic N) is 1. The van der Waals surface area contributed by atoms with Gasteiger partial charge in [0.25, 0.3) is 6.73 Å². The van der Waals surface area contributed by atoms with E-state index in [9.17, 15) is 0 Å². The van der Waals surface area contributed by atoms with Gasteiger partial charge < -0.3 is 4.74 Å². The monoisotopic (exact) mass is 252 g/mol. The maximum absolute atomic E-state index is 5.89. The van der Waals surface area contributed by atoms with Gasteiger partial charge in [0, 0.05) is 12.1 Å². The summed E-state index contributed by atoms with van der Waals surface area (Å²) in [5, 5.41) is 0. The fourth-order valence-corrected chi connectivity index (χ4v) is 2.37. The van der Waals surface area contributed by atoms with Crippen molar-refractivity contribution in [3.8, 4) is 5.75 Å². The molecule has 0 saturated heterocycles. The first-order chi connectivity index (χ1) is 9.15. The third-order valence-corrected chi connectivity index (χ3v) is 3.71. The lowest BCUT2D eigenvalue weighted by Gasteiger charge is -2.15. The van der Waals surface area contributed by atoms with E-state index in [1.54, 1.807) is 0 Å². The van der Waals surface area contributed by atoms with Crippen LogP contribution in [0.4, 0.5) is 5.69 Å². The molecule has 0 spiro atoms. The molecular formula is C17H18NO+. The summed E-state index contributed by atoms with van der Waals surface area (Å²) in [6.45, 7) is 6.93. The SMILES string of the molecule is Cc1ccc([N+]2=Cc3cccc(C)c3OC2)cc1C. The number of ether oxygens (including phenoxy) is 1. The summed E-state index contributed by atoms with van der Waals surface area (Å²) < 4.78 is 8.03. The molecule has 1 heterocycles. The molecule has 2 heteroatoms. The second-order valence-corrected chi connectivity index (χ2v) is 5.13. The lowest BCUT2D eigenvalue weighted by atomic mass is 10.1. The lowest BCUT2D eigenvalue weighted by Crippen LogP contribution is -2.21. The Labute approximate surface area is 114 Å². The number of hydrogen-bond acceptors (Lipinski definition) is 1. The van der Waals surface area contributed by atoms with Gasteiger partial charge in [-0.1, -0.05) is 18.2 Å². The molecule has 0 unspecified atom stereocenters. The third-order valence-electron chi connectivity index (χ3n) is 3.71. The normalized spacial score (nSPS) is 13.5. The van der Waals surface area contributed by atoms with Gasteiger partial charge >= 0.3 is 0 Å². The number of hydrogen-bond donors (Lipinski definition) is 0. The Morgan fingerprint density at radius 1 is 0.947 bits per heavy atom. The second kappa shape index (κ2) is 4.54. The topological polar surface area (TPSA) is 12.2 Å². The van der Waals surface area contributed by atoms with Crippen molar-refractivity contribution in [2.24, 2.45) is 0 Å². The first kappa shape index (κ1) is 12.0. The van der Waals surface area contributed by atoms with Crippen LogP contribution in [0.2, 0.25) is 0 Å². The summed E-state index contributed by atoms with van der Waals surface area (Å²) in [7, 11) is 0. The van der Waals surface area contributed by atoms with E-state index in [2.05, 4.69) is 68.0 Å². The van der Waals surface area contributed by atoms with Crippen LogP contribution in [0.25, 0.3) is 0 Å². The number of rotatable bonds is 1. The quantitative estimate of drug-likeness (QED) is 0.704. The Morgan fingerprint density at radius 2 is 1.79 bits per heavy atom. The van der Waals surface area contributed by atoms with Crippen molar-refractivity contribution in [1.29, 1.82) is 0 Å². The largest absolute Gasteiger partial charge is 0.435 e. The van der Waals surface area contributed by atoms with Crippen molar-refractivity contribution in [2.75, 3.05) is 6.73 Å². The predicted molar refractivity (Wildman–Crippen MR) is 77.7 cm³/mol. The minimum Gasteiger partial charge on any atom is -0.435 e. The number of aryl methyl sites for hydroxylation is 3. The molecular weight excluding hydrogens is 234 g/mol. The van der Waals surface area contributed by atoms with Gasteiger partial charge in [0.1, 0.15) is 5.75 Å². The molecule has 3 rings (SSSR count). The Bertz CT molecular complexity index is 671. The van der Waals surface area contributed by atoms with Crippen LogP contribution in [-0.4, -0.2) is 17.5 Å². The van der Waals surface area contributed by atoms with E-state index in [-0.39, 0.29) is 0 Å². The molecule has 2 aromatic carbocycles. The van der Waals surface area contributed by atoms with Gasteiger partial charge in [-0.3, -0.25) is 0 Å². The maximum Gasteiger partial charge on any atom is 0.292 e. The molecule has 0 fully saturated rings. The van der Waals surface area contributed by atoms with E-state index in [1.165, 1.54) is 22.4 Å². The fraction of sp³-hybridized carbons (Fsp3) is 0.235. The molecule has 0 saturated carbocycles. The zero-order valence-corrected chi connectivity index (χ0v) is 11.6. The van der Waals surface area contributed by atoms with Crippen LogP contribution >= 0.6 is 0 Å². The molecule has 2 nitrogen and oxygen atoms in total. The van der Waals surface area contributed by atoms with Gasteiger partial charge in [-0.25, -0.2) is 0 Å². The smallest absolute Gasteiger partial charge is 0.292 e. The minimum absolute atomic E-state index is 0.570. The van der Waals surface area contributed by atoms with Crippen LogP contribution < -0.4 is 4.74 Å². The molecule has 1 aliphatic heterocycles. The van der Waals surface area contributed by atoms with Crippen LogP contribution in [0.1, 0.15) is 22.3 Å². The summed E-state index contributed by atoms with van der Waals surface area (Å²) in [4.78, 5) is 0. The van der Waals surface area contributed by atoms with Crippen molar-refractivity contribution in [2.45, 2.75) is 20.8 Å². The molecule has 1 aliphatic rings. The zero-order valence-electron chi connectivity index (χ0n) is 11.6. The van der Waals surface area contributed by atoms with Crippen molar-refractivity contribution in [1.82, 2.24) is 0 Å². The average molecular weight is 252 g/mol. The van der Waals surface area contributed by atoms with E-state index in [1.807, 2.05) is 0 Å². The van der Waals surface area contributed by atoms with E-state index >= 15 is 0 Å². The molecule has 0 N–H and O–H groups in total. The Hall–Kier alpha value is -2.09. The van der Waals surface area contributed by atoms with Gasteiger partial charge in [0.05, 0.1) is 5.56 Å². The molecule has 0 bridgehead atoms.